The molecule has 4 atom stereocenters. The number of phenolic OH excluding ortho intramolecular Hbond substituents is 2. The molecule has 0 aromatic heterocycles. The summed E-state index contributed by atoms with van der Waals surface area (Å²) in [6.45, 7) is 0. The van der Waals surface area contributed by atoms with E-state index in [0.29, 0.717) is 10.0 Å². The summed E-state index contributed by atoms with van der Waals surface area (Å²) in [5.74, 6) is -1.20. The molecule has 4 aliphatic rings. The fourth-order valence-corrected chi connectivity index (χ4v) is 4.32. The van der Waals surface area contributed by atoms with Crippen LogP contribution in [0.2, 0.25) is 0 Å². The molecule has 0 unspecified atom stereocenters. The molecule has 24 heavy (non-hydrogen) atoms. The minimum absolute atomic E-state index is 0.105. The van der Waals surface area contributed by atoms with Gasteiger partial charge in [-0.15, -0.1) is 0 Å². The molecule has 2 bridgehead atoms. The van der Waals surface area contributed by atoms with E-state index in [0.717, 1.165) is 17.9 Å². The van der Waals surface area contributed by atoms with Gasteiger partial charge in [0.05, 0.1) is 22.5 Å². The van der Waals surface area contributed by atoms with Gasteiger partial charge < -0.3 is 10.2 Å². The van der Waals surface area contributed by atoms with E-state index in [-0.39, 0.29) is 47.0 Å². The molecule has 1 saturated carbocycles. The third-order valence-electron chi connectivity index (χ3n) is 5.14. The zero-order chi connectivity index (χ0) is 17.0. The lowest BCUT2D eigenvalue weighted by Crippen LogP contribution is -2.38. The third-order valence-corrected chi connectivity index (χ3v) is 5.78. The summed E-state index contributed by atoms with van der Waals surface area (Å²) >= 11 is 3.15. The number of benzene rings is 1. The van der Waals surface area contributed by atoms with Crippen molar-refractivity contribution in [2.24, 2.45) is 28.8 Å². The molecule has 5 rings (SSSR count). The van der Waals surface area contributed by atoms with Gasteiger partial charge in [-0.2, -0.15) is 10.1 Å². The summed E-state index contributed by atoms with van der Waals surface area (Å²) in [7, 11) is 0. The average Bonchev–Trinajstić information content (AvgIpc) is 2.84. The molecule has 0 spiro atoms. The van der Waals surface area contributed by atoms with Gasteiger partial charge in [-0.25, -0.2) is 0 Å². The summed E-state index contributed by atoms with van der Waals surface area (Å²) in [5, 5.41) is 24.3. The van der Waals surface area contributed by atoms with Gasteiger partial charge in [0.1, 0.15) is 11.5 Å². The van der Waals surface area contributed by atoms with E-state index >= 15 is 0 Å². The van der Waals surface area contributed by atoms with Crippen molar-refractivity contribution in [3.8, 4) is 11.5 Å². The predicted octanol–water partition coefficient (Wildman–Crippen LogP) is 2.39. The lowest BCUT2D eigenvalue weighted by atomic mass is 9.63. The quantitative estimate of drug-likeness (QED) is 0.460. The number of carbonyl (C=O) groups excluding carboxylic acids is 2. The number of aromatic hydroxyl groups is 2. The Labute approximate surface area is 146 Å². The number of rotatable bonds is 2. The van der Waals surface area contributed by atoms with Crippen LogP contribution in [0.5, 0.6) is 11.5 Å². The second-order valence-corrected chi connectivity index (χ2v) is 7.29. The van der Waals surface area contributed by atoms with Crippen LogP contribution in [0.1, 0.15) is 18.4 Å². The van der Waals surface area contributed by atoms with Crippen molar-refractivity contribution in [2.45, 2.75) is 12.8 Å². The van der Waals surface area contributed by atoms with E-state index in [1.807, 2.05) is 0 Å². The lowest BCUT2D eigenvalue weighted by molar-refractivity contribution is -0.140. The summed E-state index contributed by atoms with van der Waals surface area (Å²) < 4.78 is 0.386. The van der Waals surface area contributed by atoms with E-state index < -0.39 is 0 Å². The van der Waals surface area contributed by atoms with Gasteiger partial charge in [0.15, 0.2) is 0 Å². The lowest BCUT2D eigenvalue weighted by Gasteiger charge is -2.37. The normalized spacial score (nSPS) is 31.3. The Morgan fingerprint density at radius 3 is 2.17 bits per heavy atom. The minimum Gasteiger partial charge on any atom is -0.507 e. The van der Waals surface area contributed by atoms with Crippen LogP contribution in [-0.2, 0) is 9.59 Å². The molecule has 7 heteroatoms. The largest absolute Gasteiger partial charge is 0.507 e. The number of imide groups is 1. The number of halogens is 1. The first-order chi connectivity index (χ1) is 11.5. The minimum atomic E-state index is -0.307. The summed E-state index contributed by atoms with van der Waals surface area (Å²) in [6.07, 6.45) is 7.24. The smallest absolute Gasteiger partial charge is 0.254 e. The molecule has 1 saturated heterocycles. The number of amides is 2. The Hall–Kier alpha value is -2.15. The molecule has 2 N–H and O–H groups in total. The standard InChI is InChI=1S/C17H15BrN2O4/c18-11-5-10(12(21)6-13(11)22)7-19-20-16(23)14-8-1-2-9(4-3-8)15(14)17(20)24/h1-2,5-9,14-15,21-22H,3-4H2/b19-7-/t8-,9+,14-,15-/m0/s1. The maximum absolute atomic E-state index is 12.6. The molecule has 1 aromatic rings. The number of phenols is 2. The summed E-state index contributed by atoms with van der Waals surface area (Å²) in [4.78, 5) is 25.2. The van der Waals surface area contributed by atoms with E-state index in [9.17, 15) is 19.8 Å². The fourth-order valence-electron chi connectivity index (χ4n) is 3.96. The van der Waals surface area contributed by atoms with Crippen LogP contribution in [0.3, 0.4) is 0 Å². The van der Waals surface area contributed by atoms with Crippen LogP contribution < -0.4 is 0 Å². The SMILES string of the molecule is O=C1[C@@H]2[C@@H](C(=O)N1/N=C\c1cc(Br)c(O)cc1O)[C@H]1C=C[C@@H]2CC1. The van der Waals surface area contributed by atoms with Gasteiger partial charge in [-0.1, -0.05) is 12.2 Å². The van der Waals surface area contributed by atoms with Gasteiger partial charge in [0.25, 0.3) is 11.8 Å². The Kier molecular flexibility index (Phi) is 3.49. The Morgan fingerprint density at radius 2 is 1.62 bits per heavy atom. The molecule has 2 fully saturated rings. The zero-order valence-electron chi connectivity index (χ0n) is 12.6. The molecule has 2 amide bonds. The highest BCUT2D eigenvalue weighted by Gasteiger charge is 2.56. The van der Waals surface area contributed by atoms with Crippen LogP contribution in [0.4, 0.5) is 0 Å². The van der Waals surface area contributed by atoms with Crippen LogP contribution >= 0.6 is 15.9 Å². The Balaban J connectivity index is 1.63. The highest BCUT2D eigenvalue weighted by atomic mass is 79.9. The van der Waals surface area contributed by atoms with Crippen molar-refractivity contribution < 1.29 is 19.8 Å². The van der Waals surface area contributed by atoms with Gasteiger partial charge in [-0.05, 0) is 46.7 Å². The highest BCUT2D eigenvalue weighted by molar-refractivity contribution is 9.10. The number of fused-ring (bicyclic) bond motifs is 1. The number of hydrazone groups is 1. The first kappa shape index (κ1) is 15.4. The monoisotopic (exact) mass is 390 g/mol. The van der Waals surface area contributed by atoms with Gasteiger partial charge >= 0.3 is 0 Å². The predicted molar refractivity (Wildman–Crippen MR) is 89.3 cm³/mol. The number of hydrogen-bond acceptors (Lipinski definition) is 5. The molecule has 1 aromatic carbocycles. The molecular weight excluding hydrogens is 376 g/mol. The van der Waals surface area contributed by atoms with Crippen molar-refractivity contribution in [3.05, 3.63) is 34.3 Å². The fraction of sp³-hybridized carbons (Fsp3) is 0.353. The summed E-state index contributed by atoms with van der Waals surface area (Å²) in [5.41, 5.74) is 0.302. The van der Waals surface area contributed by atoms with E-state index in [1.165, 1.54) is 18.3 Å². The van der Waals surface area contributed by atoms with E-state index in [2.05, 4.69) is 33.2 Å². The van der Waals surface area contributed by atoms with Crippen molar-refractivity contribution in [1.29, 1.82) is 0 Å². The highest BCUT2D eigenvalue weighted by Crippen LogP contribution is 2.49. The average molecular weight is 391 g/mol. The van der Waals surface area contributed by atoms with Crippen molar-refractivity contribution in [1.82, 2.24) is 5.01 Å². The Morgan fingerprint density at radius 1 is 1.04 bits per heavy atom. The zero-order valence-corrected chi connectivity index (χ0v) is 14.2. The van der Waals surface area contributed by atoms with Gasteiger partial charge in [0, 0.05) is 11.6 Å². The first-order valence-electron chi connectivity index (χ1n) is 7.79. The van der Waals surface area contributed by atoms with E-state index in [4.69, 9.17) is 0 Å². The number of carbonyl (C=O) groups is 2. The third kappa shape index (κ3) is 2.18. The van der Waals surface area contributed by atoms with Crippen molar-refractivity contribution in [2.75, 3.05) is 0 Å². The molecule has 0 radical (unpaired) electrons. The second-order valence-electron chi connectivity index (χ2n) is 6.44. The van der Waals surface area contributed by atoms with Gasteiger partial charge in [-0.3, -0.25) is 9.59 Å². The number of hydrogen-bond donors (Lipinski definition) is 2. The van der Waals surface area contributed by atoms with Gasteiger partial charge in [0.2, 0.25) is 0 Å². The van der Waals surface area contributed by atoms with Crippen LogP contribution in [-0.4, -0.2) is 33.3 Å². The molecular formula is C17H15BrN2O4. The van der Waals surface area contributed by atoms with Crippen LogP contribution in [0.25, 0.3) is 0 Å². The second kappa shape index (κ2) is 5.44. The Bertz CT molecular complexity index is 772. The van der Waals surface area contributed by atoms with Crippen molar-refractivity contribution >= 4 is 34.0 Å². The molecule has 1 heterocycles. The van der Waals surface area contributed by atoms with Crippen LogP contribution in [0.15, 0.2) is 33.9 Å². The molecule has 124 valence electrons. The molecule has 1 aliphatic heterocycles. The maximum Gasteiger partial charge on any atom is 0.254 e. The topological polar surface area (TPSA) is 90.2 Å². The van der Waals surface area contributed by atoms with E-state index in [1.54, 1.807) is 0 Å². The molecule has 6 nitrogen and oxygen atoms in total. The van der Waals surface area contributed by atoms with Crippen molar-refractivity contribution in [3.63, 3.8) is 0 Å². The maximum atomic E-state index is 12.6. The number of allylic oxidation sites excluding steroid dienone is 2. The summed E-state index contributed by atoms with van der Waals surface area (Å²) in [6, 6.07) is 2.64. The molecule has 3 aliphatic carbocycles. The number of nitrogens with zero attached hydrogens (tertiary/aromatic N) is 2. The van der Waals surface area contributed by atoms with Crippen LogP contribution in [0, 0.1) is 23.7 Å². The first-order valence-corrected chi connectivity index (χ1v) is 8.58.